The molecule has 1 aliphatic heterocycles. The molecule has 0 saturated carbocycles. The Bertz CT molecular complexity index is 1440. The first-order valence-corrected chi connectivity index (χ1v) is 14.0. The molecule has 3 aromatic carbocycles. The minimum atomic E-state index is -1.72. The van der Waals surface area contributed by atoms with E-state index in [-0.39, 0.29) is 38.4 Å². The van der Waals surface area contributed by atoms with E-state index in [0.717, 1.165) is 5.56 Å². The van der Waals surface area contributed by atoms with Crippen LogP contribution in [0.5, 0.6) is 0 Å². The largest absolute Gasteiger partial charge is 0.329 e. The van der Waals surface area contributed by atoms with Gasteiger partial charge in [-0.2, -0.15) is 0 Å². The van der Waals surface area contributed by atoms with Crippen molar-refractivity contribution in [3.63, 3.8) is 0 Å². The zero-order valence-corrected chi connectivity index (χ0v) is 24.5. The number of carbonyl (C=O) groups excluding carboxylic acids is 3. The molecule has 3 amide bonds. The second-order valence-electron chi connectivity index (χ2n) is 9.60. The number of rotatable bonds is 9. The van der Waals surface area contributed by atoms with Gasteiger partial charge >= 0.3 is 0 Å². The van der Waals surface area contributed by atoms with Gasteiger partial charge in [0.1, 0.15) is 5.82 Å². The lowest BCUT2D eigenvalue weighted by Gasteiger charge is -2.49. The van der Waals surface area contributed by atoms with E-state index in [4.69, 9.17) is 46.4 Å². The van der Waals surface area contributed by atoms with Crippen molar-refractivity contribution >= 4 is 64.1 Å². The van der Waals surface area contributed by atoms with Crippen molar-refractivity contribution < 1.29 is 18.8 Å². The SMILES string of the molecule is CC(=O)NC1(CCc2ccc(Cl)cc2Cl)C(=O)N(CCc2ccc(Cl)cc2Cl)CC(=O)N1Cc1ccc(F)cc1. The van der Waals surface area contributed by atoms with Crippen molar-refractivity contribution in [2.45, 2.75) is 38.4 Å². The van der Waals surface area contributed by atoms with Crippen molar-refractivity contribution in [1.82, 2.24) is 15.1 Å². The van der Waals surface area contributed by atoms with Gasteiger partial charge in [0.2, 0.25) is 11.8 Å². The predicted molar refractivity (Wildman–Crippen MR) is 155 cm³/mol. The van der Waals surface area contributed by atoms with Crippen molar-refractivity contribution in [3.8, 4) is 0 Å². The van der Waals surface area contributed by atoms with E-state index in [2.05, 4.69) is 5.32 Å². The number of aryl methyl sites for hydroxylation is 1. The topological polar surface area (TPSA) is 69.7 Å². The van der Waals surface area contributed by atoms with E-state index >= 15 is 0 Å². The fourth-order valence-electron chi connectivity index (χ4n) is 4.82. The van der Waals surface area contributed by atoms with Gasteiger partial charge in [0.05, 0.1) is 6.54 Å². The normalized spacial score (nSPS) is 17.4. The maximum Gasteiger partial charge on any atom is 0.269 e. The highest BCUT2D eigenvalue weighted by atomic mass is 35.5. The first-order chi connectivity index (χ1) is 19.0. The molecular formula is C29H26Cl4FN3O3. The van der Waals surface area contributed by atoms with E-state index < -0.39 is 23.3 Å². The molecule has 0 radical (unpaired) electrons. The first-order valence-electron chi connectivity index (χ1n) is 12.5. The van der Waals surface area contributed by atoms with Gasteiger partial charge in [-0.3, -0.25) is 14.4 Å². The first kappa shape index (κ1) is 30.1. The smallest absolute Gasteiger partial charge is 0.269 e. The fourth-order valence-corrected chi connectivity index (χ4v) is 5.83. The summed E-state index contributed by atoms with van der Waals surface area (Å²) in [6.45, 7) is 1.25. The zero-order chi connectivity index (χ0) is 29.0. The molecule has 210 valence electrons. The van der Waals surface area contributed by atoms with Crippen LogP contribution >= 0.6 is 46.4 Å². The summed E-state index contributed by atoms with van der Waals surface area (Å²) in [7, 11) is 0. The Balaban J connectivity index is 1.70. The standard InChI is InChI=1S/C29H26Cl4FN3O3/c1-18(38)35-29(12-10-20-4-6-22(30)14-25(20)32)28(40)36(13-11-21-5-7-23(31)15-26(21)33)17-27(39)37(29)16-19-2-8-24(34)9-3-19/h2-9,14-15H,10-13,16-17H2,1H3,(H,35,38). The summed E-state index contributed by atoms with van der Waals surface area (Å²) >= 11 is 24.8. The predicted octanol–water partition coefficient (Wildman–Crippen LogP) is 6.32. The number of hydrogen-bond donors (Lipinski definition) is 1. The van der Waals surface area contributed by atoms with E-state index in [1.165, 1.54) is 41.0 Å². The molecule has 0 aromatic heterocycles. The number of piperazine rings is 1. The van der Waals surface area contributed by atoms with Crippen LogP contribution in [0.2, 0.25) is 20.1 Å². The number of carbonyl (C=O) groups is 3. The molecule has 0 spiro atoms. The molecule has 1 heterocycles. The van der Waals surface area contributed by atoms with E-state index in [9.17, 15) is 18.8 Å². The molecule has 40 heavy (non-hydrogen) atoms. The lowest BCUT2D eigenvalue weighted by Crippen LogP contribution is -2.74. The van der Waals surface area contributed by atoms with Crippen LogP contribution in [0.4, 0.5) is 4.39 Å². The summed E-state index contributed by atoms with van der Waals surface area (Å²) in [5, 5.41) is 4.59. The minimum Gasteiger partial charge on any atom is -0.329 e. The average Bonchev–Trinajstić information content (AvgIpc) is 2.89. The number of nitrogens with zero attached hydrogens (tertiary/aromatic N) is 2. The molecule has 0 aliphatic carbocycles. The van der Waals surface area contributed by atoms with Gasteiger partial charge in [-0.1, -0.05) is 70.7 Å². The Morgan fingerprint density at radius 1 is 0.900 bits per heavy atom. The zero-order valence-electron chi connectivity index (χ0n) is 21.5. The van der Waals surface area contributed by atoms with Gasteiger partial charge in [0, 0.05) is 46.5 Å². The van der Waals surface area contributed by atoms with Crippen molar-refractivity contribution in [3.05, 3.63) is 103 Å². The summed E-state index contributed by atoms with van der Waals surface area (Å²) in [6, 6.07) is 15.7. The van der Waals surface area contributed by atoms with Crippen molar-refractivity contribution in [1.29, 1.82) is 0 Å². The number of amides is 3. The molecule has 1 unspecified atom stereocenters. The van der Waals surface area contributed by atoms with Crippen LogP contribution in [0, 0.1) is 5.82 Å². The van der Waals surface area contributed by atoms with Crippen LogP contribution in [-0.4, -0.2) is 46.3 Å². The van der Waals surface area contributed by atoms with Crippen molar-refractivity contribution in [2.24, 2.45) is 0 Å². The van der Waals surface area contributed by atoms with E-state index in [1.807, 2.05) is 0 Å². The molecule has 4 rings (SSSR count). The average molecular weight is 625 g/mol. The van der Waals surface area contributed by atoms with Gasteiger partial charge in [0.25, 0.3) is 5.91 Å². The molecule has 1 aliphatic rings. The third-order valence-corrected chi connectivity index (χ3v) is 7.98. The van der Waals surface area contributed by atoms with Gasteiger partial charge in [0.15, 0.2) is 5.66 Å². The number of nitrogens with one attached hydrogen (secondary N) is 1. The van der Waals surface area contributed by atoms with Crippen LogP contribution in [0.25, 0.3) is 0 Å². The molecule has 11 heteroatoms. The Kier molecular flexibility index (Phi) is 9.62. The summed E-state index contributed by atoms with van der Waals surface area (Å²) < 4.78 is 13.6. The summed E-state index contributed by atoms with van der Waals surface area (Å²) in [4.78, 5) is 43.3. The van der Waals surface area contributed by atoms with Crippen LogP contribution in [0.3, 0.4) is 0 Å². The molecule has 0 bridgehead atoms. The van der Waals surface area contributed by atoms with Gasteiger partial charge in [-0.15, -0.1) is 0 Å². The highest BCUT2D eigenvalue weighted by molar-refractivity contribution is 6.35. The Morgan fingerprint density at radius 2 is 1.48 bits per heavy atom. The van der Waals surface area contributed by atoms with Crippen molar-refractivity contribution in [2.75, 3.05) is 13.1 Å². The van der Waals surface area contributed by atoms with Crippen LogP contribution < -0.4 is 5.32 Å². The number of hydrogen-bond acceptors (Lipinski definition) is 3. The monoisotopic (exact) mass is 623 g/mol. The quantitative estimate of drug-likeness (QED) is 0.303. The third kappa shape index (κ3) is 6.89. The minimum absolute atomic E-state index is 0.0175. The second kappa shape index (κ2) is 12.8. The maximum absolute atomic E-state index is 14.3. The molecule has 3 aromatic rings. The maximum atomic E-state index is 14.3. The molecule has 1 saturated heterocycles. The van der Waals surface area contributed by atoms with Gasteiger partial charge in [-0.25, -0.2) is 4.39 Å². The third-order valence-electron chi connectivity index (χ3n) is 6.80. The Labute approximate surface area is 251 Å². The van der Waals surface area contributed by atoms with Crippen LogP contribution in [0.15, 0.2) is 60.7 Å². The highest BCUT2D eigenvalue weighted by Crippen LogP contribution is 2.32. The van der Waals surface area contributed by atoms with Gasteiger partial charge in [-0.05, 0) is 65.9 Å². The van der Waals surface area contributed by atoms with Crippen LogP contribution in [0.1, 0.15) is 30.0 Å². The van der Waals surface area contributed by atoms with E-state index in [0.29, 0.717) is 37.6 Å². The fraction of sp³-hybridized carbons (Fsp3) is 0.276. The van der Waals surface area contributed by atoms with Crippen LogP contribution in [-0.2, 0) is 33.8 Å². The molecular weight excluding hydrogens is 599 g/mol. The lowest BCUT2D eigenvalue weighted by molar-refractivity contribution is -0.171. The summed E-state index contributed by atoms with van der Waals surface area (Å²) in [5.74, 6) is -1.74. The molecule has 6 nitrogen and oxygen atoms in total. The molecule has 1 N–H and O–H groups in total. The molecule has 1 atom stereocenters. The summed E-state index contributed by atoms with van der Waals surface area (Å²) in [5.41, 5.74) is 0.339. The van der Waals surface area contributed by atoms with Gasteiger partial charge < -0.3 is 15.1 Å². The molecule has 1 fully saturated rings. The number of benzene rings is 3. The lowest BCUT2D eigenvalue weighted by atomic mass is 9.92. The Morgan fingerprint density at radius 3 is 2.02 bits per heavy atom. The second-order valence-corrected chi connectivity index (χ2v) is 11.3. The van der Waals surface area contributed by atoms with E-state index in [1.54, 1.807) is 36.4 Å². The highest BCUT2D eigenvalue weighted by Gasteiger charge is 2.52. The number of halogens is 5. The summed E-state index contributed by atoms with van der Waals surface area (Å²) in [6.07, 6.45) is 0.663. The Hall–Kier alpha value is -2.84.